The summed E-state index contributed by atoms with van der Waals surface area (Å²) in [5.74, 6) is 2.41. The molecule has 0 saturated heterocycles. The van der Waals surface area contributed by atoms with Gasteiger partial charge in [0.25, 0.3) is 0 Å². The first-order chi connectivity index (χ1) is 15.9. The van der Waals surface area contributed by atoms with Crippen LogP contribution in [0, 0.1) is 17.3 Å². The van der Waals surface area contributed by atoms with Gasteiger partial charge in [0.15, 0.2) is 5.78 Å². The zero-order chi connectivity index (χ0) is 22.7. The third-order valence-corrected chi connectivity index (χ3v) is 8.46. The molecule has 0 amide bonds. The van der Waals surface area contributed by atoms with Crippen LogP contribution >= 0.6 is 0 Å². The summed E-state index contributed by atoms with van der Waals surface area (Å²) in [6.07, 6.45) is 14.4. The molecule has 4 nitrogen and oxygen atoms in total. The first kappa shape index (κ1) is 20.9. The van der Waals surface area contributed by atoms with Crippen LogP contribution in [0.1, 0.15) is 44.1 Å². The Morgan fingerprint density at radius 2 is 2.03 bits per heavy atom. The van der Waals surface area contributed by atoms with Gasteiger partial charge in [-0.1, -0.05) is 37.3 Å². The molecule has 1 aliphatic heterocycles. The molecule has 33 heavy (non-hydrogen) atoms. The second-order valence-electron chi connectivity index (χ2n) is 10.9. The fraction of sp³-hybridized carbons (Fsp3) is 0.448. The second-order valence-corrected chi connectivity index (χ2v) is 10.9. The molecule has 0 bridgehead atoms. The quantitative estimate of drug-likeness (QED) is 0.639. The summed E-state index contributed by atoms with van der Waals surface area (Å²) in [4.78, 5) is 19.3. The molecule has 3 aliphatic carbocycles. The Morgan fingerprint density at radius 3 is 2.88 bits per heavy atom. The number of Topliss-reactive ketones (excluding diaryl/α,β-unsaturated/α-hetero) is 1. The van der Waals surface area contributed by atoms with Gasteiger partial charge in [0.05, 0.1) is 5.57 Å². The molecular weight excluding hydrogens is 408 g/mol. The van der Waals surface area contributed by atoms with Crippen LogP contribution in [-0.2, 0) is 9.53 Å². The minimum atomic E-state index is 0.0441. The molecule has 0 N–H and O–H groups in total. The van der Waals surface area contributed by atoms with E-state index in [4.69, 9.17) is 4.74 Å². The molecule has 1 fully saturated rings. The van der Waals surface area contributed by atoms with E-state index in [-0.39, 0.29) is 17.3 Å². The maximum Gasteiger partial charge on any atom is 0.166 e. The van der Waals surface area contributed by atoms with Gasteiger partial charge in [0, 0.05) is 43.1 Å². The summed E-state index contributed by atoms with van der Waals surface area (Å²) >= 11 is 0. The summed E-state index contributed by atoms with van der Waals surface area (Å²) in [5.41, 5.74) is 3.45. The van der Waals surface area contributed by atoms with Crippen LogP contribution in [0.2, 0.25) is 0 Å². The highest BCUT2D eigenvalue weighted by Crippen LogP contribution is 2.59. The number of nitrogens with zero attached hydrogens (tertiary/aromatic N) is 2. The van der Waals surface area contributed by atoms with E-state index in [1.54, 1.807) is 0 Å². The summed E-state index contributed by atoms with van der Waals surface area (Å²) < 4.78 is 6.72. The van der Waals surface area contributed by atoms with E-state index in [1.807, 2.05) is 12.4 Å². The Hall–Kier alpha value is -2.72. The summed E-state index contributed by atoms with van der Waals surface area (Å²) in [6, 6.07) is 8.95. The first-order valence-electron chi connectivity index (χ1n) is 12.2. The highest BCUT2D eigenvalue weighted by molar-refractivity contribution is 6.00. The second kappa shape index (κ2) is 7.66. The summed E-state index contributed by atoms with van der Waals surface area (Å²) in [5, 5.41) is 2.45. The lowest BCUT2D eigenvalue weighted by atomic mass is 9.64. The lowest BCUT2D eigenvalue weighted by Crippen LogP contribution is -2.41. The lowest BCUT2D eigenvalue weighted by molar-refractivity contribution is -0.117. The number of ketones is 1. The number of rotatable bonds is 3. The predicted molar refractivity (Wildman–Crippen MR) is 131 cm³/mol. The number of ether oxygens (including phenoxy) is 1. The van der Waals surface area contributed by atoms with Crippen LogP contribution in [0.15, 0.2) is 71.8 Å². The van der Waals surface area contributed by atoms with Crippen molar-refractivity contribution in [3.8, 4) is 0 Å². The Kier molecular flexibility index (Phi) is 4.84. The van der Waals surface area contributed by atoms with E-state index >= 15 is 0 Å². The average Bonchev–Trinajstić information content (AvgIpc) is 3.15. The molecule has 0 spiro atoms. The fourth-order valence-corrected chi connectivity index (χ4v) is 6.88. The van der Waals surface area contributed by atoms with Crippen LogP contribution in [0.4, 0.5) is 0 Å². The number of hydrogen-bond acceptors (Lipinski definition) is 4. The van der Waals surface area contributed by atoms with Crippen LogP contribution in [0.25, 0.3) is 10.8 Å². The predicted octanol–water partition coefficient (Wildman–Crippen LogP) is 5.42. The number of carbonyl (C=O) groups is 1. The molecule has 4 aliphatic rings. The van der Waals surface area contributed by atoms with Gasteiger partial charge in [-0.2, -0.15) is 0 Å². The van der Waals surface area contributed by atoms with E-state index in [0.717, 1.165) is 37.1 Å². The zero-order valence-electron chi connectivity index (χ0n) is 19.8. The highest BCUT2D eigenvalue weighted by Gasteiger charge is 2.53. The number of benzene rings is 1. The average molecular weight is 441 g/mol. The van der Waals surface area contributed by atoms with Gasteiger partial charge >= 0.3 is 0 Å². The van der Waals surface area contributed by atoms with E-state index < -0.39 is 0 Å². The van der Waals surface area contributed by atoms with Crippen LogP contribution in [0.5, 0.6) is 0 Å². The van der Waals surface area contributed by atoms with E-state index in [0.29, 0.717) is 24.2 Å². The van der Waals surface area contributed by atoms with Crippen LogP contribution in [-0.4, -0.2) is 42.4 Å². The molecule has 4 heteroatoms. The number of carbonyl (C=O) groups excluding carboxylic acids is 1. The van der Waals surface area contributed by atoms with Gasteiger partial charge in [0.1, 0.15) is 11.9 Å². The van der Waals surface area contributed by atoms with Crippen molar-refractivity contribution in [2.45, 2.75) is 44.6 Å². The maximum absolute atomic E-state index is 12.9. The van der Waals surface area contributed by atoms with Gasteiger partial charge in [0.2, 0.25) is 0 Å². The monoisotopic (exact) mass is 440 g/mol. The zero-order valence-corrected chi connectivity index (χ0v) is 19.8. The molecular formula is C29H32N2O2. The molecule has 1 saturated carbocycles. The van der Waals surface area contributed by atoms with Crippen molar-refractivity contribution in [2.24, 2.45) is 17.3 Å². The van der Waals surface area contributed by atoms with Crippen molar-refractivity contribution >= 4 is 16.6 Å². The van der Waals surface area contributed by atoms with Crippen LogP contribution < -0.4 is 0 Å². The number of allylic oxidation sites excluding steroid dienone is 4. The molecule has 6 rings (SSSR count). The van der Waals surface area contributed by atoms with Gasteiger partial charge in [-0.3, -0.25) is 9.78 Å². The minimum absolute atomic E-state index is 0.0441. The number of hydrogen-bond donors (Lipinski definition) is 0. The van der Waals surface area contributed by atoms with Gasteiger partial charge in [-0.15, -0.1) is 0 Å². The third-order valence-electron chi connectivity index (χ3n) is 8.46. The van der Waals surface area contributed by atoms with Crippen molar-refractivity contribution < 1.29 is 9.53 Å². The van der Waals surface area contributed by atoms with Crippen molar-refractivity contribution in [1.29, 1.82) is 0 Å². The number of fused-ring (bicyclic) bond motifs is 4. The van der Waals surface area contributed by atoms with Crippen molar-refractivity contribution in [1.82, 2.24) is 9.88 Å². The molecule has 1 aromatic heterocycles. The molecule has 5 atom stereocenters. The molecule has 2 heterocycles. The fourth-order valence-electron chi connectivity index (χ4n) is 6.88. The molecule has 0 radical (unpaired) electrons. The third kappa shape index (κ3) is 3.38. The standard InChI is InChI=1S/C29H32N2O2/c1-29-10-8-21-15-23-26(32)12-18(17-31(2)3)13-27(23)33-28(21)25(29)7-6-24(29)20-4-5-22-16-30-11-9-19(22)14-20/h4-5,8-11,14-16,18,24-25,28H,6-7,12-13,17H2,1-3H3/t18?,24-,25+,28-,29-/m1/s1. The van der Waals surface area contributed by atoms with Crippen molar-refractivity contribution in [3.05, 3.63) is 77.4 Å². The maximum atomic E-state index is 12.9. The summed E-state index contributed by atoms with van der Waals surface area (Å²) in [6.45, 7) is 3.33. The Bertz CT molecular complexity index is 1220. The van der Waals surface area contributed by atoms with Gasteiger partial charge in [-0.05, 0) is 72.9 Å². The van der Waals surface area contributed by atoms with Crippen LogP contribution in [0.3, 0.4) is 0 Å². The van der Waals surface area contributed by atoms with Crippen molar-refractivity contribution in [2.75, 3.05) is 20.6 Å². The SMILES string of the molecule is CN(C)CC1CC(=O)C2=C(C1)O[C@@H]1C(=C2)C=C[C@]2(C)[C@@H](c3ccc4cnccc4c3)CC[C@@H]12. The lowest BCUT2D eigenvalue weighted by Gasteiger charge is -2.45. The van der Waals surface area contributed by atoms with E-state index in [9.17, 15) is 4.79 Å². The number of pyridine rings is 1. The minimum Gasteiger partial charge on any atom is -0.489 e. The largest absolute Gasteiger partial charge is 0.489 e. The Labute approximate surface area is 196 Å². The molecule has 2 aromatic rings. The normalized spacial score (nSPS) is 33.0. The molecule has 170 valence electrons. The van der Waals surface area contributed by atoms with E-state index in [2.05, 4.69) is 73.4 Å². The van der Waals surface area contributed by atoms with Gasteiger partial charge < -0.3 is 9.64 Å². The Balaban J connectivity index is 1.31. The first-order valence-corrected chi connectivity index (χ1v) is 12.2. The summed E-state index contributed by atoms with van der Waals surface area (Å²) in [7, 11) is 4.15. The smallest absolute Gasteiger partial charge is 0.166 e. The van der Waals surface area contributed by atoms with Crippen molar-refractivity contribution in [3.63, 3.8) is 0 Å². The Morgan fingerprint density at radius 1 is 1.15 bits per heavy atom. The highest BCUT2D eigenvalue weighted by atomic mass is 16.5. The van der Waals surface area contributed by atoms with Gasteiger partial charge in [-0.25, -0.2) is 0 Å². The van der Waals surface area contributed by atoms with E-state index in [1.165, 1.54) is 21.9 Å². The molecule has 1 aromatic carbocycles. The molecule has 1 unspecified atom stereocenters. The number of aromatic nitrogens is 1. The topological polar surface area (TPSA) is 42.4 Å².